The van der Waals surface area contributed by atoms with Gasteiger partial charge in [-0.25, -0.2) is 0 Å². The molecule has 0 radical (unpaired) electrons. The van der Waals surface area contributed by atoms with E-state index in [-0.39, 0.29) is 5.91 Å². The molecule has 0 unspecified atom stereocenters. The Morgan fingerprint density at radius 3 is 2.57 bits per heavy atom. The number of methoxy groups -OCH3 is 1. The minimum Gasteiger partial charge on any atom is -0.497 e. The van der Waals surface area contributed by atoms with E-state index in [0.29, 0.717) is 18.3 Å². The van der Waals surface area contributed by atoms with Crippen LogP contribution in [0.4, 0.5) is 5.82 Å². The molecule has 1 aromatic heterocycles. The monoisotopic (exact) mass is 312 g/mol. The van der Waals surface area contributed by atoms with Gasteiger partial charge in [0.1, 0.15) is 11.6 Å². The molecule has 1 heterocycles. The number of rotatable bonds is 7. The first-order valence-electron chi connectivity index (χ1n) is 7.76. The minimum atomic E-state index is -0.205. The van der Waals surface area contributed by atoms with Gasteiger partial charge in [0.05, 0.1) is 7.11 Å². The molecule has 6 heteroatoms. The molecule has 0 aliphatic heterocycles. The second-order valence-electron chi connectivity index (χ2n) is 5.58. The summed E-state index contributed by atoms with van der Waals surface area (Å²) in [6, 6.07) is 11.8. The smallest absolute Gasteiger partial charge is 0.271 e. The van der Waals surface area contributed by atoms with Crippen LogP contribution in [-0.2, 0) is 6.42 Å². The number of hydrogen-bond acceptors (Lipinski definition) is 5. The van der Waals surface area contributed by atoms with E-state index in [1.165, 1.54) is 12.8 Å². The molecule has 0 saturated heterocycles. The number of aromatic nitrogens is 2. The molecule has 0 atom stereocenters. The van der Waals surface area contributed by atoms with Crippen LogP contribution in [0.5, 0.6) is 5.75 Å². The maximum Gasteiger partial charge on any atom is 0.271 e. The summed E-state index contributed by atoms with van der Waals surface area (Å²) in [5.74, 6) is 1.35. The third-order valence-corrected chi connectivity index (χ3v) is 3.68. The third kappa shape index (κ3) is 4.42. The molecule has 1 fully saturated rings. The third-order valence-electron chi connectivity index (χ3n) is 3.68. The summed E-state index contributed by atoms with van der Waals surface area (Å²) in [7, 11) is 1.64. The first kappa shape index (κ1) is 15.3. The highest BCUT2D eigenvalue weighted by Gasteiger charge is 2.21. The molecule has 1 amide bonds. The number of carbonyl (C=O) groups excluding carboxylic acids is 1. The molecule has 2 aromatic rings. The van der Waals surface area contributed by atoms with Crippen molar-refractivity contribution in [2.45, 2.75) is 25.3 Å². The average Bonchev–Trinajstić information content (AvgIpc) is 3.40. The highest BCUT2D eigenvalue weighted by molar-refractivity contribution is 5.92. The lowest BCUT2D eigenvalue weighted by Crippen LogP contribution is -2.26. The van der Waals surface area contributed by atoms with Crippen LogP contribution in [0.2, 0.25) is 0 Å². The SMILES string of the molecule is COc1ccc(CCNC(=O)c2ccc(NC3CC3)nn2)cc1. The van der Waals surface area contributed by atoms with Gasteiger partial charge < -0.3 is 15.4 Å². The molecule has 1 saturated carbocycles. The van der Waals surface area contributed by atoms with Gasteiger partial charge in [0.25, 0.3) is 5.91 Å². The zero-order chi connectivity index (χ0) is 16.1. The fourth-order valence-corrected chi connectivity index (χ4v) is 2.17. The van der Waals surface area contributed by atoms with Crippen molar-refractivity contribution in [1.82, 2.24) is 15.5 Å². The molecule has 2 N–H and O–H groups in total. The number of nitrogens with zero attached hydrogens (tertiary/aromatic N) is 2. The molecule has 120 valence electrons. The Morgan fingerprint density at radius 2 is 1.96 bits per heavy atom. The summed E-state index contributed by atoms with van der Waals surface area (Å²) in [6.07, 6.45) is 3.11. The van der Waals surface area contributed by atoms with Crippen molar-refractivity contribution in [2.24, 2.45) is 0 Å². The van der Waals surface area contributed by atoms with Crippen molar-refractivity contribution in [3.8, 4) is 5.75 Å². The van der Waals surface area contributed by atoms with Gasteiger partial charge in [-0.15, -0.1) is 10.2 Å². The van der Waals surface area contributed by atoms with Crippen molar-refractivity contribution in [3.63, 3.8) is 0 Å². The van der Waals surface area contributed by atoms with Crippen LogP contribution >= 0.6 is 0 Å². The first-order valence-corrected chi connectivity index (χ1v) is 7.76. The zero-order valence-corrected chi connectivity index (χ0v) is 13.1. The summed E-state index contributed by atoms with van der Waals surface area (Å²) in [6.45, 7) is 0.551. The van der Waals surface area contributed by atoms with E-state index < -0.39 is 0 Å². The topological polar surface area (TPSA) is 76.1 Å². The van der Waals surface area contributed by atoms with E-state index in [2.05, 4.69) is 20.8 Å². The van der Waals surface area contributed by atoms with Gasteiger partial charge >= 0.3 is 0 Å². The standard InChI is InChI=1S/C17H20N4O2/c1-23-14-6-2-12(3-7-14)10-11-18-17(22)15-8-9-16(21-20-15)19-13-4-5-13/h2-3,6-9,13H,4-5,10-11H2,1H3,(H,18,22)(H,19,21). The van der Waals surface area contributed by atoms with Gasteiger partial charge in [0.15, 0.2) is 5.69 Å². The second kappa shape index (κ2) is 7.09. The fraction of sp³-hybridized carbons (Fsp3) is 0.353. The maximum atomic E-state index is 12.0. The molecule has 1 aliphatic carbocycles. The number of hydrogen-bond donors (Lipinski definition) is 2. The normalized spacial score (nSPS) is 13.4. The van der Waals surface area contributed by atoms with Crippen molar-refractivity contribution >= 4 is 11.7 Å². The summed E-state index contributed by atoms with van der Waals surface area (Å²) in [4.78, 5) is 12.0. The van der Waals surface area contributed by atoms with E-state index in [9.17, 15) is 4.79 Å². The van der Waals surface area contributed by atoms with Crippen molar-refractivity contribution < 1.29 is 9.53 Å². The van der Waals surface area contributed by atoms with Crippen LogP contribution in [-0.4, -0.2) is 35.8 Å². The summed E-state index contributed by atoms with van der Waals surface area (Å²) in [5, 5.41) is 14.1. The van der Waals surface area contributed by atoms with Gasteiger partial charge in [-0.3, -0.25) is 4.79 Å². The van der Waals surface area contributed by atoms with E-state index in [1.807, 2.05) is 24.3 Å². The van der Waals surface area contributed by atoms with Crippen molar-refractivity contribution in [3.05, 3.63) is 47.7 Å². The average molecular weight is 312 g/mol. The predicted molar refractivity (Wildman–Crippen MR) is 87.7 cm³/mol. The molecular weight excluding hydrogens is 292 g/mol. The molecule has 6 nitrogen and oxygen atoms in total. The van der Waals surface area contributed by atoms with Gasteiger partial charge in [-0.2, -0.15) is 0 Å². The van der Waals surface area contributed by atoms with Crippen LogP contribution in [0, 0.1) is 0 Å². The summed E-state index contributed by atoms with van der Waals surface area (Å²) >= 11 is 0. The van der Waals surface area contributed by atoms with Crippen molar-refractivity contribution in [2.75, 3.05) is 19.0 Å². The number of anilines is 1. The Kier molecular flexibility index (Phi) is 4.71. The van der Waals surface area contributed by atoms with Gasteiger partial charge in [-0.05, 0) is 49.1 Å². The predicted octanol–water partition coefficient (Wildman–Crippen LogP) is 2.03. The quantitative estimate of drug-likeness (QED) is 0.818. The van der Waals surface area contributed by atoms with Gasteiger partial charge in [0.2, 0.25) is 0 Å². The fourth-order valence-electron chi connectivity index (χ4n) is 2.17. The van der Waals surface area contributed by atoms with Crippen LogP contribution in [0.15, 0.2) is 36.4 Å². The summed E-state index contributed by atoms with van der Waals surface area (Å²) < 4.78 is 5.12. The van der Waals surface area contributed by atoms with Gasteiger partial charge in [0, 0.05) is 12.6 Å². The Balaban J connectivity index is 1.46. The van der Waals surface area contributed by atoms with Crippen LogP contribution in [0.3, 0.4) is 0 Å². The maximum absolute atomic E-state index is 12.0. The minimum absolute atomic E-state index is 0.205. The Morgan fingerprint density at radius 1 is 1.17 bits per heavy atom. The van der Waals surface area contributed by atoms with Crippen molar-refractivity contribution in [1.29, 1.82) is 0 Å². The number of nitrogens with one attached hydrogen (secondary N) is 2. The lowest BCUT2D eigenvalue weighted by molar-refractivity contribution is 0.0948. The summed E-state index contributed by atoms with van der Waals surface area (Å²) in [5.41, 5.74) is 1.47. The lowest BCUT2D eigenvalue weighted by Gasteiger charge is -2.06. The Labute approximate surface area is 135 Å². The lowest BCUT2D eigenvalue weighted by atomic mass is 10.1. The van der Waals surface area contributed by atoms with E-state index >= 15 is 0 Å². The highest BCUT2D eigenvalue weighted by Crippen LogP contribution is 2.23. The van der Waals surface area contributed by atoms with E-state index in [0.717, 1.165) is 23.6 Å². The van der Waals surface area contributed by atoms with Gasteiger partial charge in [-0.1, -0.05) is 12.1 Å². The molecule has 0 bridgehead atoms. The molecule has 1 aliphatic rings. The highest BCUT2D eigenvalue weighted by atomic mass is 16.5. The van der Waals surface area contributed by atoms with E-state index in [1.54, 1.807) is 19.2 Å². The number of amides is 1. The van der Waals surface area contributed by atoms with Crippen LogP contribution in [0.1, 0.15) is 28.9 Å². The Bertz CT molecular complexity index is 651. The number of benzene rings is 1. The van der Waals surface area contributed by atoms with Crippen LogP contribution in [0.25, 0.3) is 0 Å². The first-order chi connectivity index (χ1) is 11.2. The molecule has 23 heavy (non-hydrogen) atoms. The molecule has 3 rings (SSSR count). The molecule has 0 spiro atoms. The van der Waals surface area contributed by atoms with Crippen LogP contribution < -0.4 is 15.4 Å². The number of carbonyl (C=O) groups is 1. The second-order valence-corrected chi connectivity index (χ2v) is 5.58. The zero-order valence-electron chi connectivity index (χ0n) is 13.1. The van der Waals surface area contributed by atoms with E-state index in [4.69, 9.17) is 4.74 Å². The Hall–Kier alpha value is -2.63. The number of ether oxygens (including phenoxy) is 1. The molecule has 1 aromatic carbocycles. The molecular formula is C17H20N4O2. The largest absolute Gasteiger partial charge is 0.497 e.